The second kappa shape index (κ2) is 8.64. The molecule has 0 saturated heterocycles. The van der Waals surface area contributed by atoms with Crippen LogP contribution in [0, 0.1) is 6.92 Å². The maximum atomic E-state index is 3.52. The summed E-state index contributed by atoms with van der Waals surface area (Å²) >= 11 is 1.84. The standard InChI is InChI=1S/C14H27N3S/c1-13-6-11-18-14(13)12-15-7-10-17(4)9-5-8-16(2)3/h6,11,15H,5,7-10,12H2,1-4H3. The van der Waals surface area contributed by atoms with E-state index in [9.17, 15) is 0 Å². The number of aryl methyl sites for hydroxylation is 1. The highest BCUT2D eigenvalue weighted by Gasteiger charge is 2.01. The lowest BCUT2D eigenvalue weighted by atomic mass is 10.3. The molecule has 0 aliphatic rings. The molecular weight excluding hydrogens is 242 g/mol. The third kappa shape index (κ3) is 6.50. The van der Waals surface area contributed by atoms with Crippen LogP contribution >= 0.6 is 11.3 Å². The topological polar surface area (TPSA) is 18.5 Å². The van der Waals surface area contributed by atoms with Crippen molar-refractivity contribution in [3.63, 3.8) is 0 Å². The van der Waals surface area contributed by atoms with Gasteiger partial charge in [0.15, 0.2) is 0 Å². The van der Waals surface area contributed by atoms with Gasteiger partial charge in [-0.15, -0.1) is 11.3 Å². The summed E-state index contributed by atoms with van der Waals surface area (Å²) in [5.74, 6) is 0. The number of likely N-dealkylation sites (N-methyl/N-ethyl adjacent to an activating group) is 1. The molecule has 1 heterocycles. The van der Waals surface area contributed by atoms with Gasteiger partial charge >= 0.3 is 0 Å². The highest BCUT2D eigenvalue weighted by atomic mass is 32.1. The van der Waals surface area contributed by atoms with Crippen LogP contribution in [0.5, 0.6) is 0 Å². The predicted octanol–water partition coefficient (Wildman–Crippen LogP) is 2.03. The van der Waals surface area contributed by atoms with E-state index in [1.165, 1.54) is 30.0 Å². The molecule has 0 amide bonds. The highest BCUT2D eigenvalue weighted by Crippen LogP contribution is 2.14. The van der Waals surface area contributed by atoms with Crippen molar-refractivity contribution in [1.29, 1.82) is 0 Å². The predicted molar refractivity (Wildman–Crippen MR) is 81.4 cm³/mol. The first-order valence-electron chi connectivity index (χ1n) is 6.66. The summed E-state index contributed by atoms with van der Waals surface area (Å²) in [6.07, 6.45) is 1.24. The fraction of sp³-hybridized carbons (Fsp3) is 0.714. The van der Waals surface area contributed by atoms with E-state index in [2.05, 4.69) is 54.6 Å². The molecule has 0 aliphatic heterocycles. The minimum Gasteiger partial charge on any atom is -0.311 e. The molecule has 0 aliphatic carbocycles. The van der Waals surface area contributed by atoms with Crippen LogP contribution in [0.1, 0.15) is 16.9 Å². The second-order valence-electron chi connectivity index (χ2n) is 5.16. The SMILES string of the molecule is Cc1ccsc1CNCCN(C)CCCN(C)C. The van der Waals surface area contributed by atoms with Gasteiger partial charge in [-0.05, 0) is 64.6 Å². The third-order valence-electron chi connectivity index (χ3n) is 3.07. The van der Waals surface area contributed by atoms with Crippen molar-refractivity contribution in [2.24, 2.45) is 0 Å². The van der Waals surface area contributed by atoms with Crippen LogP contribution in [0.15, 0.2) is 11.4 Å². The van der Waals surface area contributed by atoms with Gasteiger partial charge < -0.3 is 15.1 Å². The highest BCUT2D eigenvalue weighted by molar-refractivity contribution is 7.10. The summed E-state index contributed by atoms with van der Waals surface area (Å²) in [5, 5.41) is 5.68. The maximum Gasteiger partial charge on any atom is 0.0302 e. The van der Waals surface area contributed by atoms with Crippen LogP contribution in [0.2, 0.25) is 0 Å². The van der Waals surface area contributed by atoms with E-state index in [-0.39, 0.29) is 0 Å². The zero-order chi connectivity index (χ0) is 13.4. The van der Waals surface area contributed by atoms with Crippen LogP contribution in [0.4, 0.5) is 0 Å². The van der Waals surface area contributed by atoms with E-state index in [0.29, 0.717) is 0 Å². The minimum atomic E-state index is 1.01. The summed E-state index contributed by atoms with van der Waals surface area (Å²) in [5.41, 5.74) is 1.41. The van der Waals surface area contributed by atoms with E-state index < -0.39 is 0 Å². The summed E-state index contributed by atoms with van der Waals surface area (Å²) in [6, 6.07) is 2.19. The summed E-state index contributed by atoms with van der Waals surface area (Å²) in [7, 11) is 6.46. The van der Waals surface area contributed by atoms with Crippen molar-refractivity contribution in [1.82, 2.24) is 15.1 Å². The Labute approximate surface area is 116 Å². The van der Waals surface area contributed by atoms with Gasteiger partial charge in [-0.25, -0.2) is 0 Å². The van der Waals surface area contributed by atoms with Crippen molar-refractivity contribution in [3.8, 4) is 0 Å². The molecule has 1 aromatic heterocycles. The molecular formula is C14H27N3S. The average molecular weight is 269 g/mol. The van der Waals surface area contributed by atoms with Gasteiger partial charge in [-0.1, -0.05) is 0 Å². The van der Waals surface area contributed by atoms with Gasteiger partial charge in [-0.3, -0.25) is 0 Å². The monoisotopic (exact) mass is 269 g/mol. The van der Waals surface area contributed by atoms with Crippen molar-refractivity contribution >= 4 is 11.3 Å². The van der Waals surface area contributed by atoms with Crippen LogP contribution in [0.25, 0.3) is 0 Å². The zero-order valence-electron chi connectivity index (χ0n) is 12.2. The lowest BCUT2D eigenvalue weighted by Crippen LogP contribution is -2.31. The maximum absolute atomic E-state index is 3.52. The number of nitrogens with zero attached hydrogens (tertiary/aromatic N) is 2. The van der Waals surface area contributed by atoms with E-state index in [1.807, 2.05) is 11.3 Å². The Kier molecular flexibility index (Phi) is 7.51. The Morgan fingerprint density at radius 2 is 1.94 bits per heavy atom. The van der Waals surface area contributed by atoms with E-state index in [4.69, 9.17) is 0 Å². The average Bonchev–Trinajstić information content (AvgIpc) is 2.70. The number of nitrogens with one attached hydrogen (secondary N) is 1. The first-order valence-corrected chi connectivity index (χ1v) is 7.54. The number of hydrogen-bond donors (Lipinski definition) is 1. The smallest absolute Gasteiger partial charge is 0.0302 e. The van der Waals surface area contributed by atoms with Gasteiger partial charge in [0.2, 0.25) is 0 Å². The molecule has 0 saturated carbocycles. The molecule has 0 fully saturated rings. The summed E-state index contributed by atoms with van der Waals surface area (Å²) in [6.45, 7) is 7.73. The van der Waals surface area contributed by atoms with Gasteiger partial charge in [0, 0.05) is 24.5 Å². The Morgan fingerprint density at radius 1 is 1.17 bits per heavy atom. The number of rotatable bonds is 9. The first-order chi connectivity index (χ1) is 8.59. The fourth-order valence-corrected chi connectivity index (χ4v) is 2.70. The van der Waals surface area contributed by atoms with E-state index >= 15 is 0 Å². The third-order valence-corrected chi connectivity index (χ3v) is 4.09. The molecule has 18 heavy (non-hydrogen) atoms. The lowest BCUT2D eigenvalue weighted by molar-refractivity contribution is 0.299. The molecule has 0 bridgehead atoms. The van der Waals surface area contributed by atoms with Crippen molar-refractivity contribution in [2.45, 2.75) is 19.9 Å². The van der Waals surface area contributed by atoms with Crippen molar-refractivity contribution in [2.75, 3.05) is 47.3 Å². The normalized spacial score (nSPS) is 11.7. The Morgan fingerprint density at radius 3 is 2.56 bits per heavy atom. The Balaban J connectivity index is 2.02. The van der Waals surface area contributed by atoms with Crippen LogP contribution in [-0.4, -0.2) is 57.1 Å². The summed E-state index contributed by atoms with van der Waals surface area (Å²) < 4.78 is 0. The van der Waals surface area contributed by atoms with Crippen LogP contribution < -0.4 is 5.32 Å². The number of thiophene rings is 1. The molecule has 4 heteroatoms. The molecule has 104 valence electrons. The second-order valence-corrected chi connectivity index (χ2v) is 6.16. The largest absolute Gasteiger partial charge is 0.311 e. The Bertz CT molecular complexity index is 323. The van der Waals surface area contributed by atoms with Crippen LogP contribution in [0.3, 0.4) is 0 Å². The van der Waals surface area contributed by atoms with Crippen molar-refractivity contribution in [3.05, 3.63) is 21.9 Å². The van der Waals surface area contributed by atoms with Gasteiger partial charge in [0.1, 0.15) is 0 Å². The minimum absolute atomic E-state index is 1.01. The van der Waals surface area contributed by atoms with E-state index in [1.54, 1.807) is 0 Å². The molecule has 0 radical (unpaired) electrons. The molecule has 1 rings (SSSR count). The first kappa shape index (κ1) is 15.6. The fourth-order valence-electron chi connectivity index (χ4n) is 1.83. The molecule has 1 N–H and O–H groups in total. The molecule has 1 aromatic rings. The van der Waals surface area contributed by atoms with Crippen molar-refractivity contribution < 1.29 is 0 Å². The number of hydrogen-bond acceptors (Lipinski definition) is 4. The molecule has 0 aromatic carbocycles. The van der Waals surface area contributed by atoms with Gasteiger partial charge in [0.25, 0.3) is 0 Å². The van der Waals surface area contributed by atoms with Crippen LogP contribution in [-0.2, 0) is 6.54 Å². The summed E-state index contributed by atoms with van der Waals surface area (Å²) in [4.78, 5) is 6.11. The molecule has 3 nitrogen and oxygen atoms in total. The molecule has 0 spiro atoms. The van der Waals surface area contributed by atoms with Gasteiger partial charge in [0.05, 0.1) is 0 Å². The quantitative estimate of drug-likeness (QED) is 0.692. The Hall–Kier alpha value is -0.420. The molecule has 0 unspecified atom stereocenters. The van der Waals surface area contributed by atoms with Gasteiger partial charge in [-0.2, -0.15) is 0 Å². The van der Waals surface area contributed by atoms with E-state index in [0.717, 1.165) is 19.6 Å². The molecule has 0 atom stereocenters. The lowest BCUT2D eigenvalue weighted by Gasteiger charge is -2.18. The zero-order valence-corrected chi connectivity index (χ0v) is 13.0.